The van der Waals surface area contributed by atoms with Gasteiger partial charge in [0.15, 0.2) is 0 Å². The number of aryl methyl sites for hydroxylation is 1. The van der Waals surface area contributed by atoms with Crippen LogP contribution in [-0.4, -0.2) is 48.0 Å². The maximum absolute atomic E-state index is 13.7. The summed E-state index contributed by atoms with van der Waals surface area (Å²) in [7, 11) is 0. The molecule has 0 aliphatic carbocycles. The Labute approximate surface area is 270 Å². The molecule has 10 heteroatoms. The number of nitrogens with one attached hydrogen (secondary N) is 3. The highest BCUT2D eigenvalue weighted by atomic mass is 79.9. The standard InChI is InChI=1S/C33H40Br2N4O4/c34-26-20-25(21-27(35)31(26)41)22-29(38-30(40)16-9-14-23-10-3-1-4-11-23)33(43)39-28(15-7-8-18-36)32(42)37-19-17-24-12-5-2-6-13-24/h1-6,10-13,20-21,28-29,41H,7-9,14-19,22,36H2,(H,37,42)(H,38,40)(H,39,43)/t28-,29+/m1/s1. The van der Waals surface area contributed by atoms with E-state index < -0.39 is 18.0 Å². The number of phenols is 1. The van der Waals surface area contributed by atoms with Gasteiger partial charge in [0.1, 0.15) is 17.8 Å². The molecule has 3 rings (SSSR count). The summed E-state index contributed by atoms with van der Waals surface area (Å²) in [6, 6.07) is 21.5. The average molecular weight is 717 g/mol. The van der Waals surface area contributed by atoms with Crippen LogP contribution in [0, 0.1) is 0 Å². The lowest BCUT2D eigenvalue weighted by Gasteiger charge is -2.24. The van der Waals surface area contributed by atoms with Crippen molar-refractivity contribution < 1.29 is 19.5 Å². The summed E-state index contributed by atoms with van der Waals surface area (Å²) in [5.74, 6) is -0.932. The van der Waals surface area contributed by atoms with Gasteiger partial charge in [-0.2, -0.15) is 0 Å². The van der Waals surface area contributed by atoms with Gasteiger partial charge in [-0.25, -0.2) is 0 Å². The molecule has 3 amide bonds. The number of hydrogen-bond donors (Lipinski definition) is 5. The summed E-state index contributed by atoms with van der Waals surface area (Å²) in [5, 5.41) is 18.9. The third kappa shape index (κ3) is 12.1. The monoisotopic (exact) mass is 714 g/mol. The molecule has 0 bridgehead atoms. The van der Waals surface area contributed by atoms with E-state index in [1.54, 1.807) is 12.1 Å². The molecule has 3 aromatic carbocycles. The van der Waals surface area contributed by atoms with Crippen LogP contribution >= 0.6 is 31.9 Å². The average Bonchev–Trinajstić information content (AvgIpc) is 3.00. The van der Waals surface area contributed by atoms with Crippen LogP contribution in [0.25, 0.3) is 0 Å². The van der Waals surface area contributed by atoms with Gasteiger partial charge in [0, 0.05) is 19.4 Å². The minimum Gasteiger partial charge on any atom is -0.506 e. The Bertz CT molecular complexity index is 1300. The number of carbonyl (C=O) groups is 3. The van der Waals surface area contributed by atoms with E-state index in [1.807, 2.05) is 60.7 Å². The third-order valence-electron chi connectivity index (χ3n) is 7.02. The van der Waals surface area contributed by atoms with E-state index in [4.69, 9.17) is 5.73 Å². The van der Waals surface area contributed by atoms with Crippen LogP contribution < -0.4 is 21.7 Å². The first-order valence-electron chi connectivity index (χ1n) is 14.6. The van der Waals surface area contributed by atoms with Crippen molar-refractivity contribution in [3.8, 4) is 5.75 Å². The van der Waals surface area contributed by atoms with Gasteiger partial charge >= 0.3 is 0 Å². The number of nitrogens with two attached hydrogens (primary N) is 1. The van der Waals surface area contributed by atoms with Crippen molar-refractivity contribution in [3.63, 3.8) is 0 Å². The number of amides is 3. The summed E-state index contributed by atoms with van der Waals surface area (Å²) < 4.78 is 0.922. The Balaban J connectivity index is 1.69. The van der Waals surface area contributed by atoms with Gasteiger partial charge in [0.05, 0.1) is 8.95 Å². The second-order valence-electron chi connectivity index (χ2n) is 10.4. The first-order valence-corrected chi connectivity index (χ1v) is 16.2. The van der Waals surface area contributed by atoms with E-state index in [0.717, 1.165) is 24.0 Å². The van der Waals surface area contributed by atoms with Crippen LogP contribution in [0.5, 0.6) is 5.75 Å². The number of phenolic OH excluding ortho intramolecular Hbond substituents is 1. The molecule has 43 heavy (non-hydrogen) atoms. The number of unbranched alkanes of at least 4 members (excludes halogenated alkanes) is 1. The van der Waals surface area contributed by atoms with Gasteiger partial charge in [-0.1, -0.05) is 60.7 Å². The van der Waals surface area contributed by atoms with Crippen molar-refractivity contribution in [1.82, 2.24) is 16.0 Å². The highest BCUT2D eigenvalue weighted by Gasteiger charge is 2.27. The van der Waals surface area contributed by atoms with E-state index in [9.17, 15) is 19.5 Å². The van der Waals surface area contributed by atoms with E-state index in [-0.39, 0.29) is 30.4 Å². The fraction of sp³-hybridized carbons (Fsp3) is 0.364. The molecule has 0 saturated heterocycles. The second kappa shape index (κ2) is 18.5. The minimum absolute atomic E-state index is 0.0434. The fourth-order valence-electron chi connectivity index (χ4n) is 4.68. The summed E-state index contributed by atoms with van der Waals surface area (Å²) in [4.78, 5) is 39.8. The summed E-state index contributed by atoms with van der Waals surface area (Å²) >= 11 is 6.67. The van der Waals surface area contributed by atoms with E-state index >= 15 is 0 Å². The van der Waals surface area contributed by atoms with Gasteiger partial charge in [0.25, 0.3) is 0 Å². The van der Waals surface area contributed by atoms with Gasteiger partial charge < -0.3 is 26.8 Å². The lowest BCUT2D eigenvalue weighted by molar-refractivity contribution is -0.132. The van der Waals surface area contributed by atoms with Crippen LogP contribution in [0.2, 0.25) is 0 Å². The van der Waals surface area contributed by atoms with E-state index in [2.05, 4.69) is 47.8 Å². The van der Waals surface area contributed by atoms with Crippen LogP contribution in [-0.2, 0) is 33.6 Å². The number of rotatable bonds is 17. The maximum atomic E-state index is 13.7. The highest BCUT2D eigenvalue weighted by Crippen LogP contribution is 2.33. The second-order valence-corrected chi connectivity index (χ2v) is 12.2. The SMILES string of the molecule is NCCCC[C@@H](NC(=O)[C@H](Cc1cc(Br)c(O)c(Br)c1)NC(=O)CCCc1ccccc1)C(=O)NCCc1ccccc1. The van der Waals surface area contributed by atoms with Gasteiger partial charge in [-0.3, -0.25) is 14.4 Å². The van der Waals surface area contributed by atoms with Crippen molar-refractivity contribution >= 4 is 49.6 Å². The summed E-state index contributed by atoms with van der Waals surface area (Å²) in [6.07, 6.45) is 4.28. The van der Waals surface area contributed by atoms with Crippen LogP contribution in [0.4, 0.5) is 0 Å². The minimum atomic E-state index is -0.929. The van der Waals surface area contributed by atoms with E-state index in [1.165, 1.54) is 0 Å². The molecule has 0 heterocycles. The van der Waals surface area contributed by atoms with Gasteiger partial charge in [-0.15, -0.1) is 0 Å². The Hall–Kier alpha value is -3.21. The first kappa shape index (κ1) is 34.3. The number of hydrogen-bond acceptors (Lipinski definition) is 5. The molecule has 8 nitrogen and oxygen atoms in total. The molecule has 0 aliphatic rings. The first-order chi connectivity index (χ1) is 20.8. The summed E-state index contributed by atoms with van der Waals surface area (Å²) in [6.45, 7) is 0.922. The Morgan fingerprint density at radius 2 is 1.35 bits per heavy atom. The number of aromatic hydroxyl groups is 1. The molecule has 6 N–H and O–H groups in total. The molecular weight excluding hydrogens is 676 g/mol. The zero-order valence-electron chi connectivity index (χ0n) is 24.2. The molecule has 2 atom stereocenters. The Kier molecular flexibility index (Phi) is 14.7. The summed E-state index contributed by atoms with van der Waals surface area (Å²) in [5.41, 5.74) is 8.64. The molecule has 0 spiro atoms. The van der Waals surface area contributed by atoms with E-state index in [0.29, 0.717) is 53.3 Å². The Morgan fingerprint density at radius 1 is 0.744 bits per heavy atom. The predicted octanol–water partition coefficient (Wildman–Crippen LogP) is 4.94. The molecule has 0 unspecified atom stereocenters. The number of halogens is 2. The fourth-order valence-corrected chi connectivity index (χ4v) is 5.96. The largest absolute Gasteiger partial charge is 0.506 e. The molecule has 0 aromatic heterocycles. The zero-order chi connectivity index (χ0) is 31.0. The van der Waals surface area contributed by atoms with Crippen molar-refractivity contribution in [2.45, 2.75) is 63.5 Å². The van der Waals surface area contributed by atoms with Gasteiger partial charge in [-0.05, 0) is 106 Å². The van der Waals surface area contributed by atoms with Gasteiger partial charge in [0.2, 0.25) is 17.7 Å². The normalized spacial score (nSPS) is 12.3. The third-order valence-corrected chi connectivity index (χ3v) is 8.22. The predicted molar refractivity (Wildman–Crippen MR) is 177 cm³/mol. The molecule has 0 fully saturated rings. The quantitative estimate of drug-likeness (QED) is 0.126. The van der Waals surface area contributed by atoms with Crippen LogP contribution in [0.3, 0.4) is 0 Å². The van der Waals surface area contributed by atoms with Crippen molar-refractivity contribution in [2.75, 3.05) is 13.1 Å². The Morgan fingerprint density at radius 3 is 1.95 bits per heavy atom. The van der Waals surface area contributed by atoms with Crippen LogP contribution in [0.15, 0.2) is 81.7 Å². The smallest absolute Gasteiger partial charge is 0.243 e. The van der Waals surface area contributed by atoms with Crippen molar-refractivity contribution in [3.05, 3.63) is 98.4 Å². The number of carbonyl (C=O) groups excluding carboxylic acids is 3. The zero-order valence-corrected chi connectivity index (χ0v) is 27.3. The molecule has 0 saturated carbocycles. The molecule has 3 aromatic rings. The van der Waals surface area contributed by atoms with Crippen molar-refractivity contribution in [1.29, 1.82) is 0 Å². The molecular formula is C33H40Br2N4O4. The molecule has 230 valence electrons. The highest BCUT2D eigenvalue weighted by molar-refractivity contribution is 9.11. The molecule has 0 radical (unpaired) electrons. The molecule has 0 aliphatic heterocycles. The lowest BCUT2D eigenvalue weighted by atomic mass is 10.0. The van der Waals surface area contributed by atoms with Crippen LogP contribution in [0.1, 0.15) is 48.8 Å². The maximum Gasteiger partial charge on any atom is 0.243 e. The lowest BCUT2D eigenvalue weighted by Crippen LogP contribution is -2.54. The van der Waals surface area contributed by atoms with Crippen molar-refractivity contribution in [2.24, 2.45) is 5.73 Å². The number of benzene rings is 3. The topological polar surface area (TPSA) is 134 Å².